The second-order valence-corrected chi connectivity index (χ2v) is 11.6. The molecule has 1 aromatic heterocycles. The minimum atomic E-state index is -3.09. The first kappa shape index (κ1) is 21.5. The standard InChI is InChI=1S/C19H19Cl2N3O4S2/c20-15-3-1-2-11(17(15)21)6-14-8-22-19(29-14)23-18(26)12-7-16(25)24(9-12)13-4-5-30(27,28)10-13/h1-3,8,12-13H,4-7,9-10H2,(H,22,23,26). The van der Waals surface area contributed by atoms with Crippen LogP contribution in [0.4, 0.5) is 5.13 Å². The average Bonchev–Trinajstić information content (AvgIpc) is 3.38. The Hall–Kier alpha value is -1.68. The number of sulfone groups is 1. The number of nitrogens with one attached hydrogen (secondary N) is 1. The zero-order valence-electron chi connectivity index (χ0n) is 15.8. The van der Waals surface area contributed by atoms with Gasteiger partial charge in [0.2, 0.25) is 11.8 Å². The summed E-state index contributed by atoms with van der Waals surface area (Å²) in [4.78, 5) is 31.7. The van der Waals surface area contributed by atoms with Crippen LogP contribution in [0.5, 0.6) is 0 Å². The number of benzene rings is 1. The van der Waals surface area contributed by atoms with E-state index in [0.29, 0.717) is 28.0 Å². The van der Waals surface area contributed by atoms with Gasteiger partial charge in [-0.2, -0.15) is 0 Å². The maximum atomic E-state index is 12.6. The number of amides is 2. The van der Waals surface area contributed by atoms with Crippen LogP contribution in [0.15, 0.2) is 24.4 Å². The van der Waals surface area contributed by atoms with Gasteiger partial charge in [-0.3, -0.25) is 9.59 Å². The monoisotopic (exact) mass is 487 g/mol. The SMILES string of the molecule is O=C(Nc1ncc(Cc2cccc(Cl)c2Cl)s1)C1CC(=O)N(C2CCS(=O)(=O)C2)C1. The number of anilines is 1. The molecule has 2 atom stereocenters. The van der Waals surface area contributed by atoms with Gasteiger partial charge >= 0.3 is 0 Å². The van der Waals surface area contributed by atoms with E-state index in [1.165, 1.54) is 11.3 Å². The van der Waals surface area contributed by atoms with Gasteiger partial charge in [-0.25, -0.2) is 13.4 Å². The molecule has 3 heterocycles. The van der Waals surface area contributed by atoms with Gasteiger partial charge in [0.15, 0.2) is 15.0 Å². The number of carbonyl (C=O) groups excluding carboxylic acids is 2. The van der Waals surface area contributed by atoms with Crippen molar-refractivity contribution >= 4 is 61.3 Å². The van der Waals surface area contributed by atoms with Crippen LogP contribution < -0.4 is 5.32 Å². The number of rotatable bonds is 5. The van der Waals surface area contributed by atoms with Gasteiger partial charge < -0.3 is 10.2 Å². The Morgan fingerprint density at radius 3 is 2.87 bits per heavy atom. The molecule has 30 heavy (non-hydrogen) atoms. The van der Waals surface area contributed by atoms with Crippen molar-refractivity contribution in [1.29, 1.82) is 0 Å². The average molecular weight is 488 g/mol. The molecule has 0 saturated carbocycles. The van der Waals surface area contributed by atoms with Gasteiger partial charge in [0.1, 0.15) is 0 Å². The summed E-state index contributed by atoms with van der Waals surface area (Å²) in [5.74, 6) is -0.900. The lowest BCUT2D eigenvalue weighted by Crippen LogP contribution is -2.38. The fourth-order valence-electron chi connectivity index (χ4n) is 3.81. The highest BCUT2D eigenvalue weighted by Gasteiger charge is 2.42. The maximum Gasteiger partial charge on any atom is 0.231 e. The predicted octanol–water partition coefficient (Wildman–Crippen LogP) is 3.01. The van der Waals surface area contributed by atoms with E-state index < -0.39 is 15.8 Å². The lowest BCUT2D eigenvalue weighted by Gasteiger charge is -2.22. The van der Waals surface area contributed by atoms with Crippen molar-refractivity contribution in [2.24, 2.45) is 5.92 Å². The van der Waals surface area contributed by atoms with E-state index in [1.807, 2.05) is 12.1 Å². The van der Waals surface area contributed by atoms with E-state index in [4.69, 9.17) is 23.2 Å². The second kappa shape index (κ2) is 8.45. The predicted molar refractivity (Wildman–Crippen MR) is 117 cm³/mol. The van der Waals surface area contributed by atoms with Crippen LogP contribution in [0.1, 0.15) is 23.3 Å². The summed E-state index contributed by atoms with van der Waals surface area (Å²) in [6.45, 7) is 0.237. The van der Waals surface area contributed by atoms with Crippen LogP contribution in [-0.4, -0.2) is 54.2 Å². The van der Waals surface area contributed by atoms with E-state index in [2.05, 4.69) is 10.3 Å². The second-order valence-electron chi connectivity index (χ2n) is 7.51. The van der Waals surface area contributed by atoms with Gasteiger partial charge in [-0.15, -0.1) is 11.3 Å². The van der Waals surface area contributed by atoms with Crippen LogP contribution >= 0.6 is 34.5 Å². The van der Waals surface area contributed by atoms with Crippen molar-refractivity contribution in [2.45, 2.75) is 25.3 Å². The third-order valence-electron chi connectivity index (χ3n) is 5.36. The third-order valence-corrected chi connectivity index (χ3v) is 8.88. The molecule has 2 unspecified atom stereocenters. The summed E-state index contributed by atoms with van der Waals surface area (Å²) in [6.07, 6.45) is 2.73. The molecule has 160 valence electrons. The topological polar surface area (TPSA) is 96.4 Å². The number of likely N-dealkylation sites (tertiary alicyclic amines) is 1. The number of hydrogen-bond donors (Lipinski definition) is 1. The fourth-order valence-corrected chi connectivity index (χ4v) is 6.76. The van der Waals surface area contributed by atoms with Crippen LogP contribution in [0.2, 0.25) is 10.0 Å². The zero-order valence-corrected chi connectivity index (χ0v) is 19.0. The van der Waals surface area contributed by atoms with Crippen LogP contribution in [-0.2, 0) is 25.8 Å². The molecule has 1 N–H and O–H groups in total. The third kappa shape index (κ3) is 4.64. The Balaban J connectivity index is 1.37. The molecular formula is C19H19Cl2N3O4S2. The number of halogens is 2. The summed E-state index contributed by atoms with van der Waals surface area (Å²) >= 11 is 13.6. The fraction of sp³-hybridized carbons (Fsp3) is 0.421. The molecule has 2 aromatic rings. The Bertz CT molecular complexity index is 1100. The molecule has 0 bridgehead atoms. The lowest BCUT2D eigenvalue weighted by molar-refractivity contribution is -0.129. The Labute approximate surface area is 188 Å². The first-order valence-electron chi connectivity index (χ1n) is 9.40. The summed E-state index contributed by atoms with van der Waals surface area (Å²) in [5, 5.41) is 4.20. The Morgan fingerprint density at radius 2 is 2.13 bits per heavy atom. The molecule has 4 rings (SSSR count). The quantitative estimate of drug-likeness (QED) is 0.698. The number of thiazole rings is 1. The van der Waals surface area contributed by atoms with Crippen molar-refractivity contribution in [3.8, 4) is 0 Å². The molecule has 1 aromatic carbocycles. The van der Waals surface area contributed by atoms with Crippen molar-refractivity contribution in [3.63, 3.8) is 0 Å². The molecular weight excluding hydrogens is 469 g/mol. The van der Waals surface area contributed by atoms with Crippen LogP contribution in [0.3, 0.4) is 0 Å². The molecule has 2 aliphatic rings. The smallest absolute Gasteiger partial charge is 0.231 e. The molecule has 2 aliphatic heterocycles. The first-order valence-corrected chi connectivity index (χ1v) is 12.8. The summed E-state index contributed by atoms with van der Waals surface area (Å²) in [7, 11) is -3.09. The van der Waals surface area contributed by atoms with Gasteiger partial charge in [-0.1, -0.05) is 35.3 Å². The molecule has 0 spiro atoms. The molecule has 2 saturated heterocycles. The highest BCUT2D eigenvalue weighted by atomic mass is 35.5. The summed E-state index contributed by atoms with van der Waals surface area (Å²) in [6, 6.07) is 5.10. The number of nitrogens with zero attached hydrogens (tertiary/aromatic N) is 2. The number of carbonyl (C=O) groups is 2. The zero-order chi connectivity index (χ0) is 21.5. The van der Waals surface area contributed by atoms with E-state index in [-0.39, 0.29) is 42.3 Å². The van der Waals surface area contributed by atoms with E-state index in [0.717, 1.165) is 10.4 Å². The van der Waals surface area contributed by atoms with Crippen molar-refractivity contribution in [2.75, 3.05) is 23.4 Å². The molecule has 0 radical (unpaired) electrons. The van der Waals surface area contributed by atoms with Crippen molar-refractivity contribution < 1.29 is 18.0 Å². The Morgan fingerprint density at radius 1 is 1.33 bits per heavy atom. The maximum absolute atomic E-state index is 12.6. The van der Waals surface area contributed by atoms with E-state index in [9.17, 15) is 18.0 Å². The van der Waals surface area contributed by atoms with Gasteiger partial charge in [0.05, 0.1) is 27.5 Å². The van der Waals surface area contributed by atoms with Gasteiger partial charge in [0, 0.05) is 36.5 Å². The van der Waals surface area contributed by atoms with Crippen molar-refractivity contribution in [1.82, 2.24) is 9.88 Å². The minimum Gasteiger partial charge on any atom is -0.338 e. The molecule has 0 aliphatic carbocycles. The van der Waals surface area contributed by atoms with Gasteiger partial charge in [-0.05, 0) is 18.1 Å². The molecule has 2 fully saturated rings. The summed E-state index contributed by atoms with van der Waals surface area (Å²) < 4.78 is 23.4. The summed E-state index contributed by atoms with van der Waals surface area (Å²) in [5.41, 5.74) is 0.870. The first-order chi connectivity index (χ1) is 14.2. The number of aromatic nitrogens is 1. The highest BCUT2D eigenvalue weighted by molar-refractivity contribution is 7.91. The normalized spacial score (nSPS) is 23.1. The Kier molecular flexibility index (Phi) is 6.07. The largest absolute Gasteiger partial charge is 0.338 e. The molecule has 2 amide bonds. The van der Waals surface area contributed by atoms with Crippen molar-refractivity contribution in [3.05, 3.63) is 44.9 Å². The number of hydrogen-bond acceptors (Lipinski definition) is 6. The molecule has 7 nitrogen and oxygen atoms in total. The van der Waals surface area contributed by atoms with Crippen LogP contribution in [0, 0.1) is 5.92 Å². The van der Waals surface area contributed by atoms with E-state index >= 15 is 0 Å². The van der Waals surface area contributed by atoms with Crippen LogP contribution in [0.25, 0.3) is 0 Å². The van der Waals surface area contributed by atoms with Gasteiger partial charge in [0.25, 0.3) is 0 Å². The minimum absolute atomic E-state index is 0.0189. The molecule has 11 heteroatoms. The van der Waals surface area contributed by atoms with E-state index in [1.54, 1.807) is 17.2 Å². The lowest BCUT2D eigenvalue weighted by atomic mass is 10.1. The highest BCUT2D eigenvalue weighted by Crippen LogP contribution is 2.31.